The molecule has 0 amide bonds. The van der Waals surface area contributed by atoms with Gasteiger partial charge in [0.25, 0.3) is 0 Å². The predicted molar refractivity (Wildman–Crippen MR) is 53.2 cm³/mol. The molecule has 14 heavy (non-hydrogen) atoms. The summed E-state index contributed by atoms with van der Waals surface area (Å²) < 4.78 is 5.19. The lowest BCUT2D eigenvalue weighted by atomic mass is 10.0. The van der Waals surface area contributed by atoms with Gasteiger partial charge >= 0.3 is 5.97 Å². The summed E-state index contributed by atoms with van der Waals surface area (Å²) in [6, 6.07) is 0.00343. The van der Waals surface area contributed by atoms with E-state index in [0.717, 1.165) is 6.54 Å². The van der Waals surface area contributed by atoms with Gasteiger partial charge in [-0.2, -0.15) is 0 Å². The molecule has 0 saturated carbocycles. The number of carbonyl (C=O) groups is 1. The van der Waals surface area contributed by atoms with Crippen LogP contribution in [0.2, 0.25) is 0 Å². The summed E-state index contributed by atoms with van der Waals surface area (Å²) in [7, 11) is 1.93. The molecule has 2 unspecified atom stereocenters. The normalized spacial score (nSPS) is 27.6. The molecule has 1 heterocycles. The van der Waals surface area contributed by atoms with E-state index in [0.29, 0.717) is 13.2 Å². The van der Waals surface area contributed by atoms with Gasteiger partial charge < -0.3 is 9.84 Å². The van der Waals surface area contributed by atoms with Crippen molar-refractivity contribution >= 4 is 5.97 Å². The molecule has 1 N–H and O–H groups in total. The van der Waals surface area contributed by atoms with Crippen LogP contribution in [-0.4, -0.2) is 48.8 Å². The summed E-state index contributed by atoms with van der Waals surface area (Å²) in [5.41, 5.74) is 0. The summed E-state index contributed by atoms with van der Waals surface area (Å²) in [4.78, 5) is 12.9. The van der Waals surface area contributed by atoms with E-state index in [2.05, 4.69) is 0 Å². The lowest BCUT2D eigenvalue weighted by Crippen LogP contribution is -2.40. The van der Waals surface area contributed by atoms with Gasteiger partial charge in [-0.05, 0) is 14.0 Å². The first-order valence-electron chi connectivity index (χ1n) is 4.78. The number of aliphatic carboxylic acids is 1. The van der Waals surface area contributed by atoms with E-state index < -0.39 is 5.97 Å². The quantitative estimate of drug-likeness (QED) is 0.673. The van der Waals surface area contributed by atoms with E-state index in [1.54, 1.807) is 0 Å². The minimum absolute atomic E-state index is 0.00343. The molecule has 1 saturated heterocycles. The summed E-state index contributed by atoms with van der Waals surface area (Å²) in [6.07, 6.45) is 3.97. The van der Waals surface area contributed by atoms with Gasteiger partial charge in [-0.1, -0.05) is 12.2 Å². The van der Waals surface area contributed by atoms with Crippen LogP contribution in [-0.2, 0) is 9.53 Å². The molecule has 0 aliphatic carbocycles. The molecule has 1 fully saturated rings. The van der Waals surface area contributed by atoms with Crippen LogP contribution in [0.25, 0.3) is 0 Å². The number of hydrogen-bond acceptors (Lipinski definition) is 3. The van der Waals surface area contributed by atoms with Crippen LogP contribution >= 0.6 is 0 Å². The van der Waals surface area contributed by atoms with Crippen molar-refractivity contribution in [3.63, 3.8) is 0 Å². The molecule has 1 aliphatic heterocycles. The molecule has 0 radical (unpaired) electrons. The summed E-state index contributed by atoms with van der Waals surface area (Å²) in [5, 5.41) is 8.93. The van der Waals surface area contributed by atoms with Gasteiger partial charge in [0.2, 0.25) is 0 Å². The number of ether oxygens (including phenoxy) is 1. The van der Waals surface area contributed by atoms with Crippen molar-refractivity contribution in [3.05, 3.63) is 12.2 Å². The monoisotopic (exact) mass is 199 g/mol. The van der Waals surface area contributed by atoms with E-state index in [9.17, 15) is 4.79 Å². The molecule has 4 nitrogen and oxygen atoms in total. The molecule has 80 valence electrons. The highest BCUT2D eigenvalue weighted by atomic mass is 16.5. The van der Waals surface area contributed by atoms with Gasteiger partial charge in [-0.25, -0.2) is 0 Å². The third-order valence-corrected chi connectivity index (χ3v) is 2.56. The molecule has 0 bridgehead atoms. The first-order chi connectivity index (χ1) is 6.66. The molecule has 1 rings (SSSR count). The van der Waals surface area contributed by atoms with Crippen molar-refractivity contribution in [1.29, 1.82) is 0 Å². The standard InChI is InChI=1S/C10H17NO3/c1-3-4-5-11(2)9-7-14-6-8(9)10(12)13/h3-4,8-9H,5-7H2,1-2H3,(H,12,13). The molecule has 0 spiro atoms. The Balaban J connectivity index is 2.52. The van der Waals surface area contributed by atoms with Crippen LogP contribution in [0.5, 0.6) is 0 Å². The number of hydrogen-bond donors (Lipinski definition) is 1. The largest absolute Gasteiger partial charge is 0.481 e. The van der Waals surface area contributed by atoms with E-state index in [1.807, 2.05) is 31.0 Å². The van der Waals surface area contributed by atoms with Crippen molar-refractivity contribution in [1.82, 2.24) is 4.90 Å². The molecule has 2 atom stereocenters. The number of rotatable bonds is 4. The van der Waals surface area contributed by atoms with Crippen LogP contribution in [0.15, 0.2) is 12.2 Å². The second-order valence-electron chi connectivity index (χ2n) is 3.56. The minimum Gasteiger partial charge on any atom is -0.481 e. The fraction of sp³-hybridized carbons (Fsp3) is 0.700. The van der Waals surface area contributed by atoms with Crippen molar-refractivity contribution in [2.45, 2.75) is 13.0 Å². The fourth-order valence-corrected chi connectivity index (χ4v) is 1.62. The lowest BCUT2D eigenvalue weighted by molar-refractivity contribution is -0.143. The summed E-state index contributed by atoms with van der Waals surface area (Å²) >= 11 is 0. The number of nitrogens with zero attached hydrogens (tertiary/aromatic N) is 1. The van der Waals surface area contributed by atoms with Crippen LogP contribution in [0.3, 0.4) is 0 Å². The van der Waals surface area contributed by atoms with Gasteiger partial charge in [0, 0.05) is 12.6 Å². The zero-order valence-corrected chi connectivity index (χ0v) is 8.64. The maximum Gasteiger partial charge on any atom is 0.310 e. The second-order valence-corrected chi connectivity index (χ2v) is 3.56. The van der Waals surface area contributed by atoms with E-state index in [1.165, 1.54) is 0 Å². The zero-order valence-electron chi connectivity index (χ0n) is 8.64. The van der Waals surface area contributed by atoms with Gasteiger partial charge in [0.05, 0.1) is 19.1 Å². The molecular weight excluding hydrogens is 182 g/mol. The van der Waals surface area contributed by atoms with Crippen LogP contribution in [0.1, 0.15) is 6.92 Å². The average Bonchev–Trinajstić information content (AvgIpc) is 2.62. The van der Waals surface area contributed by atoms with Crippen LogP contribution < -0.4 is 0 Å². The Morgan fingerprint density at radius 2 is 2.36 bits per heavy atom. The highest BCUT2D eigenvalue weighted by Crippen LogP contribution is 2.18. The number of allylic oxidation sites excluding steroid dienone is 1. The maximum atomic E-state index is 10.9. The fourth-order valence-electron chi connectivity index (χ4n) is 1.62. The Bertz CT molecular complexity index is 227. The highest BCUT2D eigenvalue weighted by molar-refractivity contribution is 5.71. The second kappa shape index (κ2) is 5.12. The van der Waals surface area contributed by atoms with Crippen molar-refractivity contribution < 1.29 is 14.6 Å². The topological polar surface area (TPSA) is 49.8 Å². The SMILES string of the molecule is CC=CCN(C)C1COCC1C(=O)O. The first kappa shape index (κ1) is 11.2. The minimum atomic E-state index is -0.764. The highest BCUT2D eigenvalue weighted by Gasteiger charge is 2.36. The third kappa shape index (κ3) is 2.56. The average molecular weight is 199 g/mol. The molecule has 4 heteroatoms. The Kier molecular flexibility index (Phi) is 4.10. The molecule has 0 aromatic carbocycles. The Morgan fingerprint density at radius 1 is 1.64 bits per heavy atom. The van der Waals surface area contributed by atoms with Crippen molar-refractivity contribution in [2.24, 2.45) is 5.92 Å². The predicted octanol–water partition coefficient (Wildman–Crippen LogP) is 0.594. The summed E-state index contributed by atoms with van der Waals surface area (Å²) in [5.74, 6) is -1.15. The van der Waals surface area contributed by atoms with Gasteiger partial charge in [-0.3, -0.25) is 9.69 Å². The maximum absolute atomic E-state index is 10.9. The smallest absolute Gasteiger partial charge is 0.310 e. The van der Waals surface area contributed by atoms with E-state index in [-0.39, 0.29) is 12.0 Å². The van der Waals surface area contributed by atoms with Crippen LogP contribution in [0.4, 0.5) is 0 Å². The lowest BCUT2D eigenvalue weighted by Gasteiger charge is -2.24. The Morgan fingerprint density at radius 3 is 2.93 bits per heavy atom. The van der Waals surface area contributed by atoms with Crippen molar-refractivity contribution in [2.75, 3.05) is 26.8 Å². The van der Waals surface area contributed by atoms with Gasteiger partial charge in [-0.15, -0.1) is 0 Å². The van der Waals surface area contributed by atoms with Gasteiger partial charge in [0.15, 0.2) is 0 Å². The third-order valence-electron chi connectivity index (χ3n) is 2.56. The Labute approximate surface area is 84.2 Å². The van der Waals surface area contributed by atoms with Gasteiger partial charge in [0.1, 0.15) is 0 Å². The molecule has 0 aromatic heterocycles. The van der Waals surface area contributed by atoms with Crippen LogP contribution in [0, 0.1) is 5.92 Å². The number of carboxylic acids is 1. The van der Waals surface area contributed by atoms with E-state index in [4.69, 9.17) is 9.84 Å². The van der Waals surface area contributed by atoms with E-state index >= 15 is 0 Å². The number of carboxylic acid groups (broad SMARTS) is 1. The first-order valence-corrected chi connectivity index (χ1v) is 4.78. The molecular formula is C10H17NO3. The summed E-state index contributed by atoms with van der Waals surface area (Å²) in [6.45, 7) is 3.58. The molecule has 1 aliphatic rings. The Hall–Kier alpha value is -0.870. The zero-order chi connectivity index (χ0) is 10.6. The molecule has 0 aromatic rings. The number of likely N-dealkylation sites (N-methyl/N-ethyl adjacent to an activating group) is 1. The van der Waals surface area contributed by atoms with Crippen molar-refractivity contribution in [3.8, 4) is 0 Å².